The third kappa shape index (κ3) is 3.86. The molecule has 0 aromatic heterocycles. The summed E-state index contributed by atoms with van der Waals surface area (Å²) in [7, 11) is 3.51. The minimum absolute atomic E-state index is 0.114. The Morgan fingerprint density at radius 3 is 2.24 bits per heavy atom. The van der Waals surface area contributed by atoms with Crippen LogP contribution in [-0.2, 0) is 4.84 Å². The molecule has 1 aromatic rings. The van der Waals surface area contributed by atoms with Crippen molar-refractivity contribution in [2.24, 2.45) is 11.8 Å². The van der Waals surface area contributed by atoms with Crippen molar-refractivity contribution in [3.63, 3.8) is 0 Å². The number of ketones is 1. The normalized spacial score (nSPS) is 21.9. The maximum absolute atomic E-state index is 12.5. The largest absolute Gasteiger partial charge is 0.294 e. The van der Waals surface area contributed by atoms with Gasteiger partial charge in [0.2, 0.25) is 0 Å². The molecule has 1 aromatic carbocycles. The molecule has 21 heavy (non-hydrogen) atoms. The fraction of sp³-hybridized carbons (Fsp3) is 0.471. The van der Waals surface area contributed by atoms with Gasteiger partial charge in [-0.15, -0.1) is 0 Å². The fourth-order valence-electron chi connectivity index (χ4n) is 2.91. The summed E-state index contributed by atoms with van der Waals surface area (Å²) in [5.41, 5.74) is 1.76. The predicted molar refractivity (Wildman–Crippen MR) is 85.1 cm³/mol. The van der Waals surface area contributed by atoms with Crippen LogP contribution >= 0.6 is 11.6 Å². The van der Waals surface area contributed by atoms with Gasteiger partial charge in [0.1, 0.15) is 0 Å². The lowest BCUT2D eigenvalue weighted by molar-refractivity contribution is -0.0871. The van der Waals surface area contributed by atoms with Gasteiger partial charge in [-0.2, -0.15) is 0 Å². The van der Waals surface area contributed by atoms with Gasteiger partial charge in [0.15, 0.2) is 5.78 Å². The van der Waals surface area contributed by atoms with Gasteiger partial charge < -0.3 is 0 Å². The molecule has 1 aliphatic carbocycles. The molecule has 0 heterocycles. The highest BCUT2D eigenvalue weighted by molar-refractivity contribution is 6.30. The summed E-state index contributed by atoms with van der Waals surface area (Å²) in [6.45, 7) is 4.09. The van der Waals surface area contributed by atoms with Crippen molar-refractivity contribution >= 4 is 17.4 Å². The number of nitrogens with zero attached hydrogens (tertiary/aromatic N) is 1. The van der Waals surface area contributed by atoms with E-state index in [1.54, 1.807) is 24.3 Å². The van der Waals surface area contributed by atoms with E-state index in [9.17, 15) is 4.79 Å². The third-order valence-corrected chi connectivity index (χ3v) is 4.63. The fourth-order valence-corrected chi connectivity index (χ4v) is 3.04. The van der Waals surface area contributed by atoms with Crippen LogP contribution in [0.5, 0.6) is 0 Å². The zero-order valence-corrected chi connectivity index (χ0v) is 13.4. The van der Waals surface area contributed by atoms with Crippen molar-refractivity contribution in [2.75, 3.05) is 14.2 Å². The summed E-state index contributed by atoms with van der Waals surface area (Å²) in [5.74, 6) is 0.753. The minimum Gasteiger partial charge on any atom is -0.294 e. The average molecular weight is 308 g/mol. The highest BCUT2D eigenvalue weighted by Gasteiger charge is 2.29. The van der Waals surface area contributed by atoms with Crippen LogP contribution in [0.4, 0.5) is 0 Å². The van der Waals surface area contributed by atoms with Gasteiger partial charge in [-0.3, -0.25) is 14.7 Å². The van der Waals surface area contributed by atoms with E-state index in [1.807, 2.05) is 19.2 Å². The lowest BCUT2D eigenvalue weighted by atomic mass is 9.77. The molecule has 3 nitrogen and oxygen atoms in total. The predicted octanol–water partition coefficient (Wildman–Crippen LogP) is 4.34. The molecule has 0 amide bonds. The van der Waals surface area contributed by atoms with Gasteiger partial charge in [0.25, 0.3) is 0 Å². The van der Waals surface area contributed by atoms with Crippen LogP contribution in [-0.4, -0.2) is 25.0 Å². The van der Waals surface area contributed by atoms with Crippen LogP contribution in [0.1, 0.15) is 36.0 Å². The molecule has 0 radical (unpaired) electrons. The highest BCUT2D eigenvalue weighted by Crippen LogP contribution is 2.35. The molecule has 0 N–H and O–H groups in total. The Balaban J connectivity index is 1.93. The van der Waals surface area contributed by atoms with Crippen molar-refractivity contribution in [2.45, 2.75) is 25.7 Å². The van der Waals surface area contributed by atoms with E-state index in [1.165, 1.54) is 0 Å². The number of hydrogen-bond donors (Lipinski definition) is 0. The van der Waals surface area contributed by atoms with Crippen LogP contribution in [0.15, 0.2) is 36.5 Å². The van der Waals surface area contributed by atoms with E-state index in [4.69, 9.17) is 16.4 Å². The van der Waals surface area contributed by atoms with E-state index >= 15 is 0 Å². The third-order valence-electron chi connectivity index (χ3n) is 4.38. The molecule has 0 bridgehead atoms. The highest BCUT2D eigenvalue weighted by atomic mass is 35.5. The summed E-state index contributed by atoms with van der Waals surface area (Å²) >= 11 is 5.86. The Labute approximate surface area is 131 Å². The van der Waals surface area contributed by atoms with Crippen molar-refractivity contribution in [1.82, 2.24) is 5.06 Å². The minimum atomic E-state index is 0.114. The summed E-state index contributed by atoms with van der Waals surface area (Å²) in [6.07, 6.45) is 3.78. The molecule has 0 saturated heterocycles. The monoisotopic (exact) mass is 307 g/mol. The second-order valence-corrected chi connectivity index (χ2v) is 6.03. The molecule has 1 fully saturated rings. The SMILES string of the molecule is C=C(C1CCC(C(=O)c2ccc(Cl)cc2)CC1)N(C)OC. The quantitative estimate of drug-likeness (QED) is 0.599. The molecule has 4 heteroatoms. The maximum atomic E-state index is 12.5. The molecular weight excluding hydrogens is 286 g/mol. The first-order chi connectivity index (χ1) is 10.0. The molecule has 0 spiro atoms. The van der Waals surface area contributed by atoms with E-state index in [2.05, 4.69) is 6.58 Å². The van der Waals surface area contributed by atoms with E-state index < -0.39 is 0 Å². The summed E-state index contributed by atoms with van der Waals surface area (Å²) in [6, 6.07) is 7.17. The molecule has 1 aliphatic rings. The molecule has 114 valence electrons. The summed E-state index contributed by atoms with van der Waals surface area (Å²) in [4.78, 5) is 17.7. The standard InChI is InChI=1S/C17H22ClNO2/c1-12(19(2)21-3)13-4-6-14(7-5-13)17(20)15-8-10-16(18)11-9-15/h8-11,13-14H,1,4-7H2,2-3H3. The van der Waals surface area contributed by atoms with Gasteiger partial charge in [0.05, 0.1) is 7.11 Å². The second-order valence-electron chi connectivity index (χ2n) is 5.59. The van der Waals surface area contributed by atoms with Crippen LogP contribution in [0, 0.1) is 11.8 Å². The number of allylic oxidation sites excluding steroid dienone is 1. The molecule has 0 aliphatic heterocycles. The number of halogens is 1. The molecular formula is C17H22ClNO2. The zero-order chi connectivity index (χ0) is 15.4. The number of Topliss-reactive ketones (excluding diaryl/α,β-unsaturated/α-hetero) is 1. The van der Waals surface area contributed by atoms with Gasteiger partial charge in [-0.25, -0.2) is 0 Å². The van der Waals surface area contributed by atoms with Gasteiger partial charge in [0, 0.05) is 35.2 Å². The van der Waals surface area contributed by atoms with E-state index in [0.717, 1.165) is 36.9 Å². The summed E-state index contributed by atoms with van der Waals surface area (Å²) < 4.78 is 0. The summed E-state index contributed by atoms with van der Waals surface area (Å²) in [5, 5.41) is 2.38. The smallest absolute Gasteiger partial charge is 0.165 e. The Kier molecular flexibility index (Phi) is 5.43. The van der Waals surface area contributed by atoms with Gasteiger partial charge >= 0.3 is 0 Å². The first kappa shape index (κ1) is 16.1. The number of carbonyl (C=O) groups excluding carboxylic acids is 1. The molecule has 0 atom stereocenters. The molecule has 2 rings (SSSR count). The Bertz CT molecular complexity index is 504. The zero-order valence-electron chi connectivity index (χ0n) is 12.6. The Morgan fingerprint density at radius 1 is 1.19 bits per heavy atom. The number of hydroxylamine groups is 2. The second kappa shape index (κ2) is 7.10. The Morgan fingerprint density at radius 2 is 1.71 bits per heavy atom. The average Bonchev–Trinajstić information content (AvgIpc) is 2.53. The van der Waals surface area contributed by atoms with Crippen LogP contribution in [0.3, 0.4) is 0 Å². The first-order valence-electron chi connectivity index (χ1n) is 7.29. The van der Waals surface area contributed by atoms with Crippen molar-refractivity contribution < 1.29 is 9.63 Å². The first-order valence-corrected chi connectivity index (χ1v) is 7.67. The topological polar surface area (TPSA) is 29.5 Å². The number of hydrogen-bond acceptors (Lipinski definition) is 3. The molecule has 0 unspecified atom stereocenters. The lowest BCUT2D eigenvalue weighted by Crippen LogP contribution is -2.27. The number of carbonyl (C=O) groups is 1. The maximum Gasteiger partial charge on any atom is 0.165 e. The van der Waals surface area contributed by atoms with Gasteiger partial charge in [-0.1, -0.05) is 18.2 Å². The van der Waals surface area contributed by atoms with Crippen molar-refractivity contribution in [3.05, 3.63) is 47.1 Å². The lowest BCUT2D eigenvalue weighted by Gasteiger charge is -2.32. The molecule has 1 saturated carbocycles. The van der Waals surface area contributed by atoms with Crippen molar-refractivity contribution in [1.29, 1.82) is 0 Å². The van der Waals surface area contributed by atoms with Gasteiger partial charge in [-0.05, 0) is 49.9 Å². The Hall–Kier alpha value is -1.32. The van der Waals surface area contributed by atoms with Crippen LogP contribution in [0.2, 0.25) is 5.02 Å². The van der Waals surface area contributed by atoms with E-state index in [-0.39, 0.29) is 11.7 Å². The van der Waals surface area contributed by atoms with Crippen molar-refractivity contribution in [3.8, 4) is 0 Å². The van der Waals surface area contributed by atoms with Crippen LogP contribution < -0.4 is 0 Å². The van der Waals surface area contributed by atoms with E-state index in [0.29, 0.717) is 10.9 Å². The van der Waals surface area contributed by atoms with Crippen LogP contribution in [0.25, 0.3) is 0 Å². The number of rotatable bonds is 5. The number of benzene rings is 1.